The van der Waals surface area contributed by atoms with Crippen molar-refractivity contribution in [2.45, 2.75) is 17.1 Å². The fraction of sp³-hybridized carbons (Fsp3) is 0.0625. The van der Waals surface area contributed by atoms with Gasteiger partial charge in [-0.3, -0.25) is 14.4 Å². The molecule has 5 rings (SSSR count). The Hall–Kier alpha value is -4.22. The van der Waals surface area contributed by atoms with Crippen molar-refractivity contribution in [1.82, 2.24) is 10.3 Å². The molecule has 0 saturated carbocycles. The van der Waals surface area contributed by atoms with Gasteiger partial charge in [-0.2, -0.15) is 11.3 Å². The average molecular weight is 645 g/mol. The normalized spacial score (nSPS) is 11.9. The molecule has 0 aliphatic rings. The largest absolute Gasteiger partial charge is 0.321 e. The van der Waals surface area contributed by atoms with Gasteiger partial charge >= 0.3 is 0 Å². The summed E-state index contributed by atoms with van der Waals surface area (Å²) in [6.07, 6.45) is 1.63. The van der Waals surface area contributed by atoms with E-state index in [1.807, 2.05) is 46.5 Å². The molecule has 11 heteroatoms. The van der Waals surface area contributed by atoms with Crippen LogP contribution in [0.5, 0.6) is 0 Å². The standard InChI is InChI=1S/C32H25ClN4O3S3/c1-20(29(38)37-32-36-28(19-42-32)22-10-12-24(33)13-11-22)43-26-9-5-8-25(17-26)34-31(40)27(16-21-14-15-41-18-21)35-30(39)23-6-3-2-4-7-23/h2-20H,1H3,(H,34,40)(H,35,39)(H,36,37,38)/b27-16-. The van der Waals surface area contributed by atoms with Crippen LogP contribution < -0.4 is 16.0 Å². The highest BCUT2D eigenvalue weighted by Gasteiger charge is 2.18. The van der Waals surface area contributed by atoms with E-state index >= 15 is 0 Å². The number of thioether (sulfide) groups is 1. The van der Waals surface area contributed by atoms with Gasteiger partial charge in [-0.25, -0.2) is 4.98 Å². The van der Waals surface area contributed by atoms with Gasteiger partial charge in [-0.1, -0.05) is 48.0 Å². The van der Waals surface area contributed by atoms with Crippen LogP contribution in [0.15, 0.2) is 112 Å². The molecule has 3 N–H and O–H groups in total. The Labute approximate surface area is 266 Å². The van der Waals surface area contributed by atoms with E-state index in [0.29, 0.717) is 21.4 Å². The molecule has 0 spiro atoms. The van der Waals surface area contributed by atoms with E-state index in [9.17, 15) is 14.4 Å². The van der Waals surface area contributed by atoms with E-state index in [-0.39, 0.29) is 17.5 Å². The lowest BCUT2D eigenvalue weighted by molar-refractivity contribution is -0.115. The van der Waals surface area contributed by atoms with Crippen LogP contribution in [0.4, 0.5) is 10.8 Å². The highest BCUT2D eigenvalue weighted by Crippen LogP contribution is 2.29. The number of rotatable bonds is 10. The maximum Gasteiger partial charge on any atom is 0.272 e. The number of nitrogens with one attached hydrogen (secondary N) is 3. The summed E-state index contributed by atoms with van der Waals surface area (Å²) in [6.45, 7) is 1.81. The number of thiazole rings is 1. The van der Waals surface area contributed by atoms with Crippen LogP contribution in [0, 0.1) is 0 Å². The minimum Gasteiger partial charge on any atom is -0.321 e. The molecule has 43 heavy (non-hydrogen) atoms. The van der Waals surface area contributed by atoms with Crippen molar-refractivity contribution in [3.05, 3.63) is 123 Å². The highest BCUT2D eigenvalue weighted by molar-refractivity contribution is 8.00. The van der Waals surface area contributed by atoms with E-state index < -0.39 is 11.2 Å². The minimum absolute atomic E-state index is 0.111. The molecule has 0 bridgehead atoms. The maximum absolute atomic E-state index is 13.3. The number of amides is 3. The predicted molar refractivity (Wildman–Crippen MR) is 178 cm³/mol. The summed E-state index contributed by atoms with van der Waals surface area (Å²) in [6, 6.07) is 25.1. The Bertz CT molecular complexity index is 1750. The fourth-order valence-corrected chi connectivity index (χ4v) is 6.25. The summed E-state index contributed by atoms with van der Waals surface area (Å²) in [5.41, 5.74) is 3.55. The number of hydrogen-bond acceptors (Lipinski definition) is 7. The topological polar surface area (TPSA) is 100 Å². The SMILES string of the molecule is CC(Sc1cccc(NC(=O)/C(=C/c2ccsc2)NC(=O)c2ccccc2)c1)C(=O)Nc1nc(-c2ccc(Cl)cc2)cs1. The third kappa shape index (κ3) is 8.42. The first-order valence-corrected chi connectivity index (χ1v) is 16.1. The summed E-state index contributed by atoms with van der Waals surface area (Å²) in [4.78, 5) is 44.4. The number of halogens is 1. The van der Waals surface area contributed by atoms with E-state index in [1.54, 1.807) is 67.6 Å². The zero-order chi connectivity index (χ0) is 30.2. The number of nitrogens with zero attached hydrogens (tertiary/aromatic N) is 1. The molecule has 0 aliphatic heterocycles. The third-order valence-electron chi connectivity index (χ3n) is 6.03. The quantitative estimate of drug-likeness (QED) is 0.105. The third-order valence-corrected chi connectivity index (χ3v) is 8.84. The molecule has 7 nitrogen and oxygen atoms in total. The molecule has 2 heterocycles. The van der Waals surface area contributed by atoms with Crippen molar-refractivity contribution in [2.75, 3.05) is 10.6 Å². The molecule has 0 radical (unpaired) electrons. The second-order valence-electron chi connectivity index (χ2n) is 9.21. The first-order chi connectivity index (χ1) is 20.8. The summed E-state index contributed by atoms with van der Waals surface area (Å²) >= 11 is 10.2. The molecule has 1 atom stereocenters. The molecule has 0 saturated heterocycles. The lowest BCUT2D eigenvalue weighted by Gasteiger charge is -2.13. The van der Waals surface area contributed by atoms with Crippen LogP contribution in [0.25, 0.3) is 17.3 Å². The van der Waals surface area contributed by atoms with E-state index in [0.717, 1.165) is 21.7 Å². The monoisotopic (exact) mass is 644 g/mol. The summed E-state index contributed by atoms with van der Waals surface area (Å²) in [5.74, 6) is -1.05. The van der Waals surface area contributed by atoms with Gasteiger partial charge < -0.3 is 16.0 Å². The van der Waals surface area contributed by atoms with Crippen molar-refractivity contribution in [1.29, 1.82) is 0 Å². The van der Waals surface area contributed by atoms with E-state index in [4.69, 9.17) is 11.6 Å². The van der Waals surface area contributed by atoms with Crippen molar-refractivity contribution < 1.29 is 14.4 Å². The maximum atomic E-state index is 13.3. The van der Waals surface area contributed by atoms with Gasteiger partial charge in [0.25, 0.3) is 11.8 Å². The zero-order valence-corrected chi connectivity index (χ0v) is 25.9. The fourth-order valence-electron chi connectivity index (χ4n) is 3.86. The van der Waals surface area contributed by atoms with Gasteiger partial charge in [0.1, 0.15) is 5.70 Å². The van der Waals surface area contributed by atoms with Gasteiger partial charge in [0.05, 0.1) is 10.9 Å². The van der Waals surface area contributed by atoms with Crippen LogP contribution in [0.3, 0.4) is 0 Å². The molecule has 5 aromatic rings. The summed E-state index contributed by atoms with van der Waals surface area (Å²) < 4.78 is 0. The number of aromatic nitrogens is 1. The van der Waals surface area contributed by atoms with Gasteiger partial charge in [0, 0.05) is 32.1 Å². The zero-order valence-electron chi connectivity index (χ0n) is 22.7. The van der Waals surface area contributed by atoms with Crippen molar-refractivity contribution in [3.8, 4) is 11.3 Å². The lowest BCUT2D eigenvalue weighted by atomic mass is 10.2. The smallest absolute Gasteiger partial charge is 0.272 e. The van der Waals surface area contributed by atoms with Gasteiger partial charge in [0.2, 0.25) is 5.91 Å². The molecule has 2 aromatic heterocycles. The second kappa shape index (κ2) is 14.3. The molecular weight excluding hydrogens is 620 g/mol. The number of thiophene rings is 1. The summed E-state index contributed by atoms with van der Waals surface area (Å²) in [5, 5.41) is 14.9. The number of benzene rings is 3. The average Bonchev–Trinajstić information content (AvgIpc) is 3.70. The second-order valence-corrected chi connectivity index (χ2v) is 12.7. The Morgan fingerprint density at radius 2 is 1.72 bits per heavy atom. The first-order valence-electron chi connectivity index (χ1n) is 13.0. The van der Waals surface area contributed by atoms with Gasteiger partial charge in [-0.05, 0) is 77.9 Å². The molecule has 3 amide bonds. The minimum atomic E-state index is -0.469. The van der Waals surface area contributed by atoms with Gasteiger partial charge in [0.15, 0.2) is 5.13 Å². The predicted octanol–water partition coefficient (Wildman–Crippen LogP) is 8.05. The van der Waals surface area contributed by atoms with Gasteiger partial charge in [-0.15, -0.1) is 23.1 Å². The molecular formula is C32H25ClN4O3S3. The number of hydrogen-bond donors (Lipinski definition) is 3. The van der Waals surface area contributed by atoms with Crippen LogP contribution in [0.1, 0.15) is 22.8 Å². The molecule has 0 fully saturated rings. The molecule has 216 valence electrons. The number of carbonyl (C=O) groups is 3. The number of anilines is 2. The molecule has 0 aliphatic carbocycles. The van der Waals surface area contributed by atoms with Crippen molar-refractivity contribution in [2.24, 2.45) is 0 Å². The summed E-state index contributed by atoms with van der Waals surface area (Å²) in [7, 11) is 0. The van der Waals surface area contributed by atoms with Crippen molar-refractivity contribution >= 4 is 80.7 Å². The van der Waals surface area contributed by atoms with Crippen LogP contribution in [-0.2, 0) is 9.59 Å². The molecule has 3 aromatic carbocycles. The number of carbonyl (C=O) groups excluding carboxylic acids is 3. The Morgan fingerprint density at radius 1 is 0.930 bits per heavy atom. The van der Waals surface area contributed by atoms with Crippen LogP contribution in [-0.4, -0.2) is 28.0 Å². The Morgan fingerprint density at radius 3 is 2.47 bits per heavy atom. The Kier molecular flexibility index (Phi) is 10.1. The van der Waals surface area contributed by atoms with Crippen LogP contribution in [0.2, 0.25) is 5.02 Å². The van der Waals surface area contributed by atoms with Crippen LogP contribution >= 0.6 is 46.0 Å². The first kappa shape index (κ1) is 30.2. The lowest BCUT2D eigenvalue weighted by Crippen LogP contribution is -2.30. The molecule has 1 unspecified atom stereocenters. The van der Waals surface area contributed by atoms with E-state index in [2.05, 4.69) is 20.9 Å². The van der Waals surface area contributed by atoms with E-state index in [1.165, 1.54) is 34.4 Å². The van der Waals surface area contributed by atoms with Crippen molar-refractivity contribution in [3.63, 3.8) is 0 Å². The highest BCUT2D eigenvalue weighted by atomic mass is 35.5. The Balaban J connectivity index is 1.22.